The Morgan fingerprint density at radius 2 is 0.921 bits per heavy atom. The van der Waals surface area contributed by atoms with E-state index in [0.717, 1.165) is 0 Å². The number of fused-ring (bicyclic) bond motifs is 2. The van der Waals surface area contributed by atoms with Crippen LogP contribution in [0.5, 0.6) is 0 Å². The Kier molecular flexibility index (Phi) is 5.85. The molecule has 0 radical (unpaired) electrons. The summed E-state index contributed by atoms with van der Waals surface area (Å²) in [7, 11) is 0. The van der Waals surface area contributed by atoms with E-state index in [4.69, 9.17) is 0 Å². The minimum absolute atomic E-state index is 0.131. The van der Waals surface area contributed by atoms with E-state index in [1.54, 1.807) is 60.7 Å². The number of benzene rings is 4. The average Bonchev–Trinajstić information content (AvgIpc) is 2.85. The van der Waals surface area contributed by atoms with E-state index in [9.17, 15) is 39.5 Å². The standard InChI is InChI=1S/C27H13F9N2/c28-25(29,30)17-12-20(26(31,32)33)22(21(13-17)27(34,35)36)24-19-11-16-9-5-4-8-15(16)10-18(19)23(37-38-24)14-6-2-1-3-7-14/h1-13H. The third kappa shape index (κ3) is 4.52. The van der Waals surface area contributed by atoms with Crippen molar-refractivity contribution >= 4 is 21.5 Å². The monoisotopic (exact) mass is 536 g/mol. The molecule has 0 atom stereocenters. The van der Waals surface area contributed by atoms with Crippen molar-refractivity contribution in [1.82, 2.24) is 10.2 Å². The molecule has 11 heteroatoms. The SMILES string of the molecule is FC(F)(F)c1cc(C(F)(F)F)c(-c2nnc(-c3ccccc3)c3cc4ccccc4cc23)c(C(F)(F)F)c1. The lowest BCUT2D eigenvalue weighted by atomic mass is 9.90. The Morgan fingerprint density at radius 1 is 0.474 bits per heavy atom. The number of nitrogens with zero attached hydrogens (tertiary/aromatic N) is 2. The topological polar surface area (TPSA) is 25.8 Å². The van der Waals surface area contributed by atoms with Crippen LogP contribution in [0.15, 0.2) is 78.9 Å². The fraction of sp³-hybridized carbons (Fsp3) is 0.111. The van der Waals surface area contributed by atoms with Gasteiger partial charge in [0.15, 0.2) is 0 Å². The summed E-state index contributed by atoms with van der Waals surface area (Å²) in [5.41, 5.74) is -7.99. The van der Waals surface area contributed by atoms with Gasteiger partial charge in [-0.2, -0.15) is 39.5 Å². The summed E-state index contributed by atoms with van der Waals surface area (Å²) in [5, 5.41) is 8.89. The lowest BCUT2D eigenvalue weighted by Gasteiger charge is -2.22. The Bertz CT molecular complexity index is 1630. The molecule has 194 valence electrons. The fourth-order valence-corrected chi connectivity index (χ4v) is 4.34. The molecule has 5 rings (SSSR count). The van der Waals surface area contributed by atoms with Gasteiger partial charge in [0.25, 0.3) is 0 Å². The van der Waals surface area contributed by atoms with Crippen molar-refractivity contribution in [2.45, 2.75) is 18.5 Å². The Labute approximate surface area is 208 Å². The van der Waals surface area contributed by atoms with Crippen LogP contribution in [0.1, 0.15) is 16.7 Å². The largest absolute Gasteiger partial charge is 0.417 e. The Morgan fingerprint density at radius 3 is 1.39 bits per heavy atom. The molecule has 0 N–H and O–H groups in total. The number of rotatable bonds is 2. The molecular formula is C27H13F9N2. The van der Waals surface area contributed by atoms with E-state index in [2.05, 4.69) is 10.2 Å². The highest BCUT2D eigenvalue weighted by atomic mass is 19.4. The van der Waals surface area contributed by atoms with Gasteiger partial charge in [0.1, 0.15) is 11.4 Å². The zero-order valence-electron chi connectivity index (χ0n) is 18.8. The molecule has 4 aromatic carbocycles. The van der Waals surface area contributed by atoms with E-state index in [1.807, 2.05) is 0 Å². The molecule has 0 fully saturated rings. The summed E-state index contributed by atoms with van der Waals surface area (Å²) < 4.78 is 125. The van der Waals surface area contributed by atoms with Gasteiger partial charge >= 0.3 is 18.5 Å². The predicted octanol–water partition coefficient (Wildman–Crippen LogP) is 9.17. The summed E-state index contributed by atoms with van der Waals surface area (Å²) in [6, 6.07) is 17.2. The molecule has 0 aliphatic rings. The van der Waals surface area contributed by atoms with E-state index in [0.29, 0.717) is 16.3 Å². The lowest BCUT2D eigenvalue weighted by molar-refractivity contribution is -0.147. The maximum atomic E-state index is 14.1. The molecule has 0 amide bonds. The Balaban J connectivity index is 1.97. The molecule has 2 nitrogen and oxygen atoms in total. The zero-order chi connectivity index (χ0) is 27.5. The van der Waals surface area contributed by atoms with Crippen LogP contribution in [0, 0.1) is 0 Å². The highest BCUT2D eigenvalue weighted by Crippen LogP contribution is 2.49. The molecule has 1 heterocycles. The maximum absolute atomic E-state index is 14.1. The van der Waals surface area contributed by atoms with Crippen LogP contribution in [0.4, 0.5) is 39.5 Å². The average molecular weight is 536 g/mol. The zero-order valence-corrected chi connectivity index (χ0v) is 18.8. The van der Waals surface area contributed by atoms with Crippen molar-refractivity contribution in [3.63, 3.8) is 0 Å². The fourth-order valence-electron chi connectivity index (χ4n) is 4.34. The molecular weight excluding hydrogens is 523 g/mol. The van der Waals surface area contributed by atoms with Crippen molar-refractivity contribution in [1.29, 1.82) is 0 Å². The first-order valence-electron chi connectivity index (χ1n) is 10.9. The first-order valence-corrected chi connectivity index (χ1v) is 10.9. The van der Waals surface area contributed by atoms with E-state index < -0.39 is 46.5 Å². The molecule has 0 aliphatic carbocycles. The molecule has 0 bridgehead atoms. The number of hydrogen-bond acceptors (Lipinski definition) is 2. The van der Waals surface area contributed by atoms with Crippen LogP contribution in [0.2, 0.25) is 0 Å². The third-order valence-corrected chi connectivity index (χ3v) is 6.01. The van der Waals surface area contributed by atoms with Crippen molar-refractivity contribution in [3.05, 3.63) is 95.6 Å². The quantitative estimate of drug-likeness (QED) is 0.166. The molecule has 38 heavy (non-hydrogen) atoms. The second-order valence-electron chi connectivity index (χ2n) is 8.45. The number of aromatic nitrogens is 2. The molecule has 0 aliphatic heterocycles. The molecule has 0 saturated heterocycles. The lowest BCUT2D eigenvalue weighted by Crippen LogP contribution is -2.18. The van der Waals surface area contributed by atoms with E-state index in [1.165, 1.54) is 6.07 Å². The van der Waals surface area contributed by atoms with Crippen LogP contribution < -0.4 is 0 Å². The second-order valence-corrected chi connectivity index (χ2v) is 8.45. The van der Waals surface area contributed by atoms with Crippen molar-refractivity contribution < 1.29 is 39.5 Å². The van der Waals surface area contributed by atoms with Crippen molar-refractivity contribution in [3.8, 4) is 22.5 Å². The first kappa shape index (κ1) is 25.5. The van der Waals surface area contributed by atoms with Gasteiger partial charge in [0.05, 0.1) is 16.7 Å². The highest BCUT2D eigenvalue weighted by Gasteiger charge is 2.45. The third-order valence-electron chi connectivity index (χ3n) is 6.01. The minimum atomic E-state index is -5.57. The van der Waals surface area contributed by atoms with E-state index >= 15 is 0 Å². The van der Waals surface area contributed by atoms with E-state index in [-0.39, 0.29) is 28.6 Å². The second kappa shape index (κ2) is 8.71. The van der Waals surface area contributed by atoms with Gasteiger partial charge in [-0.3, -0.25) is 0 Å². The first-order chi connectivity index (χ1) is 17.7. The van der Waals surface area contributed by atoms with Gasteiger partial charge in [-0.25, -0.2) is 0 Å². The maximum Gasteiger partial charge on any atom is 0.417 e. The molecule has 0 unspecified atom stereocenters. The van der Waals surface area contributed by atoms with Gasteiger partial charge in [-0.05, 0) is 35.0 Å². The summed E-state index contributed by atoms with van der Waals surface area (Å²) >= 11 is 0. The summed E-state index contributed by atoms with van der Waals surface area (Å²) in [6.07, 6.45) is -16.6. The molecule has 0 saturated carbocycles. The minimum Gasteiger partial charge on any atom is -0.166 e. The molecule has 1 aromatic heterocycles. The summed E-state index contributed by atoms with van der Waals surface area (Å²) in [5.74, 6) is 0. The van der Waals surface area contributed by atoms with Crippen LogP contribution in [-0.2, 0) is 18.5 Å². The highest BCUT2D eigenvalue weighted by molar-refractivity contribution is 6.09. The predicted molar refractivity (Wildman–Crippen MR) is 123 cm³/mol. The summed E-state index contributed by atoms with van der Waals surface area (Å²) in [4.78, 5) is 0. The summed E-state index contributed by atoms with van der Waals surface area (Å²) in [6.45, 7) is 0. The Hall–Kier alpha value is -4.15. The van der Waals surface area contributed by atoms with Crippen molar-refractivity contribution in [2.24, 2.45) is 0 Å². The van der Waals surface area contributed by atoms with Crippen molar-refractivity contribution in [2.75, 3.05) is 0 Å². The number of hydrogen-bond donors (Lipinski definition) is 0. The van der Waals surface area contributed by atoms with Gasteiger partial charge in [-0.15, -0.1) is 10.2 Å². The molecule has 0 spiro atoms. The van der Waals surface area contributed by atoms with Gasteiger partial charge < -0.3 is 0 Å². The van der Waals surface area contributed by atoms with Crippen LogP contribution in [-0.4, -0.2) is 10.2 Å². The number of halogens is 9. The van der Waals surface area contributed by atoms with Gasteiger partial charge in [-0.1, -0.05) is 54.6 Å². The van der Waals surface area contributed by atoms with Crippen LogP contribution in [0.3, 0.4) is 0 Å². The van der Waals surface area contributed by atoms with Gasteiger partial charge in [0.2, 0.25) is 0 Å². The molecule has 5 aromatic rings. The number of alkyl halides is 9. The smallest absolute Gasteiger partial charge is 0.166 e. The van der Waals surface area contributed by atoms with Gasteiger partial charge in [0, 0.05) is 21.9 Å². The van der Waals surface area contributed by atoms with Crippen LogP contribution in [0.25, 0.3) is 44.1 Å². The normalized spacial score (nSPS) is 12.9. The van der Waals surface area contributed by atoms with Crippen LogP contribution >= 0.6 is 0 Å².